The van der Waals surface area contributed by atoms with Crippen LogP contribution in [0.1, 0.15) is 33.3 Å². The lowest BCUT2D eigenvalue weighted by molar-refractivity contribution is 0.0728. The number of hydrogen-bond acceptors (Lipinski definition) is 5. The van der Waals surface area contributed by atoms with Gasteiger partial charge < -0.3 is 19.1 Å². The van der Waals surface area contributed by atoms with Gasteiger partial charge in [0.2, 0.25) is 0 Å². The van der Waals surface area contributed by atoms with Crippen LogP contribution >= 0.6 is 0 Å². The van der Waals surface area contributed by atoms with Crippen LogP contribution in [0.5, 0.6) is 0 Å². The highest BCUT2D eigenvalue weighted by molar-refractivity contribution is 5.94. The number of fused-ring (bicyclic) bond motifs is 1. The zero-order valence-electron chi connectivity index (χ0n) is 18.0. The Balaban J connectivity index is 1.24. The van der Waals surface area contributed by atoms with E-state index in [0.717, 1.165) is 49.1 Å². The van der Waals surface area contributed by atoms with E-state index in [1.54, 1.807) is 0 Å². The number of oxazole rings is 1. The fourth-order valence-electron chi connectivity index (χ4n) is 4.33. The number of nitrogens with zero attached hydrogens (tertiary/aromatic N) is 4. The van der Waals surface area contributed by atoms with E-state index >= 15 is 0 Å². The molecule has 2 aliphatic rings. The number of piperazine rings is 1. The van der Waals surface area contributed by atoms with E-state index in [0.29, 0.717) is 25.9 Å². The molecule has 0 unspecified atom stereocenters. The second-order valence-electron chi connectivity index (χ2n) is 8.45. The first-order valence-electron chi connectivity index (χ1n) is 11.0. The van der Waals surface area contributed by atoms with E-state index in [-0.39, 0.29) is 5.91 Å². The molecule has 1 aromatic heterocycles. The molecule has 0 N–H and O–H groups in total. The van der Waals surface area contributed by atoms with Gasteiger partial charge in [0.1, 0.15) is 11.5 Å². The number of aromatic nitrogens is 1. The number of anilines is 1. The Morgan fingerprint density at radius 2 is 1.71 bits per heavy atom. The molecule has 5 rings (SSSR count). The number of likely N-dealkylation sites (N-methyl/N-ethyl adjacent to an activating group) is 1. The number of amides is 1. The molecule has 0 bridgehead atoms. The second-order valence-corrected chi connectivity index (χ2v) is 8.45. The Bertz CT molecular complexity index is 1040. The Morgan fingerprint density at radius 3 is 2.45 bits per heavy atom. The van der Waals surface area contributed by atoms with Gasteiger partial charge in [0, 0.05) is 56.8 Å². The molecule has 1 saturated heterocycles. The molecule has 3 aromatic rings. The van der Waals surface area contributed by atoms with Crippen molar-refractivity contribution in [2.45, 2.75) is 19.4 Å². The molecule has 1 amide bonds. The molecular formula is C25H28N4O2. The van der Waals surface area contributed by atoms with Crippen LogP contribution in [0.3, 0.4) is 0 Å². The van der Waals surface area contributed by atoms with Gasteiger partial charge in [-0.15, -0.1) is 0 Å². The van der Waals surface area contributed by atoms with E-state index in [4.69, 9.17) is 4.42 Å². The minimum absolute atomic E-state index is 0.0585. The summed E-state index contributed by atoms with van der Waals surface area (Å²) in [7, 11) is 2.16. The molecule has 0 saturated carbocycles. The van der Waals surface area contributed by atoms with Crippen LogP contribution in [0.25, 0.3) is 0 Å². The van der Waals surface area contributed by atoms with Crippen LogP contribution in [0, 0.1) is 0 Å². The summed E-state index contributed by atoms with van der Waals surface area (Å²) in [6.45, 7) is 5.35. The van der Waals surface area contributed by atoms with Gasteiger partial charge in [-0.3, -0.25) is 4.79 Å². The topological polar surface area (TPSA) is 52.8 Å². The average Bonchev–Trinajstić information content (AvgIpc) is 3.21. The molecule has 6 heteroatoms. The van der Waals surface area contributed by atoms with E-state index in [9.17, 15) is 4.79 Å². The molecule has 3 heterocycles. The summed E-state index contributed by atoms with van der Waals surface area (Å²) < 4.78 is 5.98. The third kappa shape index (κ3) is 4.35. The van der Waals surface area contributed by atoms with Crippen molar-refractivity contribution in [3.05, 3.63) is 83.1 Å². The van der Waals surface area contributed by atoms with Crippen molar-refractivity contribution in [2.24, 2.45) is 0 Å². The van der Waals surface area contributed by atoms with Gasteiger partial charge in [-0.05, 0) is 36.9 Å². The maximum Gasteiger partial charge on any atom is 0.254 e. The number of hydrogen-bond donors (Lipinski definition) is 0. The molecule has 6 nitrogen and oxygen atoms in total. The third-order valence-electron chi connectivity index (χ3n) is 6.24. The molecule has 160 valence electrons. The normalized spacial score (nSPS) is 16.9. The average molecular weight is 417 g/mol. The predicted octanol–water partition coefficient (Wildman–Crippen LogP) is 3.22. The summed E-state index contributed by atoms with van der Waals surface area (Å²) in [6.07, 6.45) is 1.39. The summed E-state index contributed by atoms with van der Waals surface area (Å²) in [5.74, 6) is 1.70. The van der Waals surface area contributed by atoms with Crippen LogP contribution in [0.4, 0.5) is 5.69 Å². The minimum atomic E-state index is 0.0585. The van der Waals surface area contributed by atoms with Crippen LogP contribution < -0.4 is 4.90 Å². The van der Waals surface area contributed by atoms with Crippen LogP contribution in [0.15, 0.2) is 59.0 Å². The zero-order valence-corrected chi connectivity index (χ0v) is 18.0. The van der Waals surface area contributed by atoms with Crippen LogP contribution in [-0.4, -0.2) is 60.5 Å². The molecule has 0 spiro atoms. The summed E-state index contributed by atoms with van der Waals surface area (Å²) in [6, 6.07) is 18.2. The summed E-state index contributed by atoms with van der Waals surface area (Å²) in [5, 5.41) is 0. The van der Waals surface area contributed by atoms with Gasteiger partial charge in [-0.1, -0.05) is 30.3 Å². The smallest absolute Gasteiger partial charge is 0.254 e. The van der Waals surface area contributed by atoms with E-state index < -0.39 is 0 Å². The van der Waals surface area contributed by atoms with Crippen molar-refractivity contribution in [1.82, 2.24) is 14.8 Å². The first-order valence-corrected chi connectivity index (χ1v) is 11.0. The highest BCUT2D eigenvalue weighted by Gasteiger charge is 2.26. The van der Waals surface area contributed by atoms with Gasteiger partial charge >= 0.3 is 0 Å². The Morgan fingerprint density at radius 1 is 0.968 bits per heavy atom. The fraction of sp³-hybridized carbons (Fsp3) is 0.360. The largest absolute Gasteiger partial charge is 0.445 e. The molecule has 31 heavy (non-hydrogen) atoms. The lowest BCUT2D eigenvalue weighted by Gasteiger charge is -2.34. The fourth-order valence-corrected chi connectivity index (χ4v) is 4.33. The number of carbonyl (C=O) groups is 1. The molecule has 0 atom stereocenters. The summed E-state index contributed by atoms with van der Waals surface area (Å²) in [4.78, 5) is 24.4. The van der Waals surface area contributed by atoms with Crippen molar-refractivity contribution in [1.29, 1.82) is 0 Å². The Kier molecular flexibility index (Phi) is 5.47. The quantitative estimate of drug-likeness (QED) is 0.654. The SMILES string of the molecule is CN1CCN(c2ccc(C(=O)N3CCc4oc(Cc5ccccc5)nc4C3)cc2)CC1. The predicted molar refractivity (Wildman–Crippen MR) is 120 cm³/mol. The van der Waals surface area contributed by atoms with Gasteiger partial charge in [-0.25, -0.2) is 4.98 Å². The Labute approximate surface area is 183 Å². The monoisotopic (exact) mass is 416 g/mol. The molecule has 1 fully saturated rings. The first-order chi connectivity index (χ1) is 15.2. The van der Waals surface area contributed by atoms with Crippen LogP contribution in [-0.2, 0) is 19.4 Å². The van der Waals surface area contributed by atoms with Crippen molar-refractivity contribution in [3.63, 3.8) is 0 Å². The third-order valence-corrected chi connectivity index (χ3v) is 6.24. The number of benzene rings is 2. The molecule has 0 aliphatic carbocycles. The van der Waals surface area contributed by atoms with Crippen molar-refractivity contribution in [2.75, 3.05) is 44.7 Å². The number of rotatable bonds is 4. The van der Waals surface area contributed by atoms with Crippen molar-refractivity contribution >= 4 is 11.6 Å². The summed E-state index contributed by atoms with van der Waals surface area (Å²) >= 11 is 0. The zero-order chi connectivity index (χ0) is 21.2. The first kappa shape index (κ1) is 19.8. The van der Waals surface area contributed by atoms with Crippen molar-refractivity contribution in [3.8, 4) is 0 Å². The molecule has 2 aromatic carbocycles. The standard InChI is InChI=1S/C25H28N4O2/c1-27-13-15-28(16-14-27)21-9-7-20(8-10-21)25(30)29-12-11-23-22(18-29)26-24(31-23)17-19-5-3-2-4-6-19/h2-10H,11-18H2,1H3. The highest BCUT2D eigenvalue weighted by Crippen LogP contribution is 2.24. The van der Waals surface area contributed by atoms with Crippen LogP contribution in [0.2, 0.25) is 0 Å². The molecular weight excluding hydrogens is 388 g/mol. The summed E-state index contributed by atoms with van der Waals surface area (Å²) in [5.41, 5.74) is 3.98. The minimum Gasteiger partial charge on any atom is -0.445 e. The molecule has 2 aliphatic heterocycles. The lowest BCUT2D eigenvalue weighted by atomic mass is 10.1. The maximum absolute atomic E-state index is 13.1. The lowest BCUT2D eigenvalue weighted by Crippen LogP contribution is -2.44. The van der Waals surface area contributed by atoms with Gasteiger partial charge in [0.15, 0.2) is 5.89 Å². The van der Waals surface area contributed by atoms with Gasteiger partial charge in [-0.2, -0.15) is 0 Å². The highest BCUT2D eigenvalue weighted by atomic mass is 16.4. The van der Waals surface area contributed by atoms with Gasteiger partial charge in [0.25, 0.3) is 5.91 Å². The van der Waals surface area contributed by atoms with E-state index in [2.05, 4.69) is 46.1 Å². The van der Waals surface area contributed by atoms with E-state index in [1.807, 2.05) is 35.2 Å². The van der Waals surface area contributed by atoms with Gasteiger partial charge in [0.05, 0.1) is 6.54 Å². The second kappa shape index (κ2) is 8.55. The van der Waals surface area contributed by atoms with E-state index in [1.165, 1.54) is 11.3 Å². The van der Waals surface area contributed by atoms with Crippen molar-refractivity contribution < 1.29 is 9.21 Å². The maximum atomic E-state index is 13.1. The Hall–Kier alpha value is -3.12. The number of carbonyl (C=O) groups excluding carboxylic acids is 1. The molecule has 0 radical (unpaired) electrons.